The quantitative estimate of drug-likeness (QED) is 0.117. The van der Waals surface area contributed by atoms with Crippen LogP contribution in [-0.4, -0.2) is 56.8 Å². The van der Waals surface area contributed by atoms with Gasteiger partial charge in [0.1, 0.15) is 35.4 Å². The molecule has 0 radical (unpaired) electrons. The number of rotatable bonds is 12. The van der Waals surface area contributed by atoms with Crippen molar-refractivity contribution in [3.05, 3.63) is 128 Å². The van der Waals surface area contributed by atoms with Crippen molar-refractivity contribution in [3.8, 4) is 22.6 Å². The Morgan fingerprint density at radius 2 is 1.68 bits per heavy atom. The van der Waals surface area contributed by atoms with Crippen molar-refractivity contribution < 1.29 is 53.1 Å². The van der Waals surface area contributed by atoms with Crippen molar-refractivity contribution in [1.82, 2.24) is 34.4 Å². The molecule has 23 heteroatoms. The molecule has 2 aliphatic rings. The number of nitrogens with one attached hydrogen (secondary N) is 2. The highest BCUT2D eigenvalue weighted by atomic mass is 35.5. The van der Waals surface area contributed by atoms with Gasteiger partial charge >= 0.3 is 0 Å². The third kappa shape index (κ3) is 7.60. The first-order valence-corrected chi connectivity index (χ1v) is 21.7. The van der Waals surface area contributed by atoms with Gasteiger partial charge in [0.05, 0.1) is 51.9 Å². The van der Waals surface area contributed by atoms with Crippen molar-refractivity contribution in [3.63, 3.8) is 0 Å². The molecule has 4 aromatic carbocycles. The van der Waals surface area contributed by atoms with Gasteiger partial charge in [-0.3, -0.25) is 28.2 Å². The molecule has 13 nitrogen and oxygen atoms in total. The van der Waals surface area contributed by atoms with Crippen LogP contribution in [0.5, 0.6) is 5.75 Å². The highest BCUT2D eigenvalue weighted by molar-refractivity contribution is 7.92. The molecular formula is C42H31ClF8N8O5S. The largest absolute Gasteiger partial charge is 0.491 e. The number of carbonyl (C=O) groups excluding carboxylic acids is 1. The maximum atomic E-state index is 15.5. The minimum Gasteiger partial charge on any atom is -0.491 e. The van der Waals surface area contributed by atoms with E-state index in [1.807, 2.05) is 0 Å². The van der Waals surface area contributed by atoms with Gasteiger partial charge in [-0.25, -0.2) is 39.7 Å². The average Bonchev–Trinajstić information content (AvgIpc) is 3.75. The number of carbonyl (C=O) groups is 1. The van der Waals surface area contributed by atoms with Crippen LogP contribution < -0.4 is 20.3 Å². The monoisotopic (exact) mass is 946 g/mol. The highest BCUT2D eigenvalue weighted by Gasteiger charge is 2.67. The van der Waals surface area contributed by atoms with Gasteiger partial charge < -0.3 is 10.1 Å². The van der Waals surface area contributed by atoms with Gasteiger partial charge in [-0.15, -0.1) is 0 Å². The normalized spacial score (nSPS) is 16.8. The summed E-state index contributed by atoms with van der Waals surface area (Å²) in [6.07, 6.45) is -2.99. The van der Waals surface area contributed by atoms with Crippen LogP contribution in [0.3, 0.4) is 0 Å². The summed E-state index contributed by atoms with van der Waals surface area (Å²) in [6, 6.07) is 9.35. The Kier molecular flexibility index (Phi) is 10.5. The number of benzene rings is 4. The standard InChI is InChI=1S/C42H31ClF8N8O5S/c1-57-35-30(7-6-25(43)33(35)39(55-57)56-65(3,62)63)59-40(53-28-13-18(4-5-22(28)41(59)61)19-11-26(46)36(64-2)27(47)12-19)29(10-17-8-20(44)14-21(45)9-17)52-31(60)16-58-37-32(34(54-58)38(48)49)23-15-24(23)42(37,50)51/h4-9,11-14,23-24,29,38H,10,15-16H2,1-3H3,(H,52,60)(H,55,56)/t23-,24+,29-/m0/s1. The van der Waals surface area contributed by atoms with Crippen LogP contribution in [0.2, 0.25) is 5.02 Å². The number of anilines is 1. The van der Waals surface area contributed by atoms with Crippen LogP contribution in [0.1, 0.15) is 53.1 Å². The van der Waals surface area contributed by atoms with Crippen LogP contribution in [0.25, 0.3) is 38.6 Å². The fraction of sp³-hybridized carbons (Fsp3) is 0.262. The zero-order chi connectivity index (χ0) is 46.6. The first-order chi connectivity index (χ1) is 30.6. The lowest BCUT2D eigenvalue weighted by Crippen LogP contribution is -2.38. The molecule has 3 heterocycles. The molecule has 0 bridgehead atoms. The molecular weight excluding hydrogens is 916 g/mol. The summed E-state index contributed by atoms with van der Waals surface area (Å²) in [5, 5.41) is 10.4. The van der Waals surface area contributed by atoms with E-state index < -0.39 is 111 Å². The van der Waals surface area contributed by atoms with Gasteiger partial charge in [0.25, 0.3) is 17.9 Å². The molecule has 3 atom stereocenters. The Hall–Kier alpha value is -6.55. The van der Waals surface area contributed by atoms with Gasteiger partial charge in [-0.2, -0.15) is 19.0 Å². The number of alkyl halides is 4. The van der Waals surface area contributed by atoms with Gasteiger partial charge in [0.15, 0.2) is 23.2 Å². The number of aryl methyl sites for hydroxylation is 1. The summed E-state index contributed by atoms with van der Waals surface area (Å²) >= 11 is 6.60. The fourth-order valence-corrected chi connectivity index (χ4v) is 9.42. The number of sulfonamides is 1. The minimum absolute atomic E-state index is 0.00285. The number of amides is 1. The molecule has 1 amide bonds. The lowest BCUT2D eigenvalue weighted by molar-refractivity contribution is -0.123. The Morgan fingerprint density at radius 1 is 0.985 bits per heavy atom. The summed E-state index contributed by atoms with van der Waals surface area (Å²) in [6.45, 7) is -1.05. The van der Waals surface area contributed by atoms with Crippen molar-refractivity contribution in [2.75, 3.05) is 18.1 Å². The third-order valence-electron chi connectivity index (χ3n) is 11.3. The van der Waals surface area contributed by atoms with E-state index in [0.717, 1.165) is 42.2 Å². The molecule has 0 aliphatic heterocycles. The number of hydrogen-bond acceptors (Lipinski definition) is 8. The lowest BCUT2D eigenvalue weighted by atomic mass is 10.0. The van der Waals surface area contributed by atoms with Gasteiger partial charge in [0, 0.05) is 31.0 Å². The first kappa shape index (κ1) is 43.7. The number of halogens is 9. The van der Waals surface area contributed by atoms with Crippen molar-refractivity contribution >= 4 is 55.2 Å². The molecule has 338 valence electrons. The average molecular weight is 947 g/mol. The third-order valence-corrected chi connectivity index (χ3v) is 12.2. The summed E-state index contributed by atoms with van der Waals surface area (Å²) in [7, 11) is -1.49. The van der Waals surface area contributed by atoms with Crippen molar-refractivity contribution in [1.29, 1.82) is 0 Å². The van der Waals surface area contributed by atoms with Crippen LogP contribution >= 0.6 is 11.6 Å². The Bertz CT molecular complexity index is 3300. The van der Waals surface area contributed by atoms with E-state index in [0.29, 0.717) is 10.7 Å². The first-order valence-electron chi connectivity index (χ1n) is 19.4. The number of nitrogens with zero attached hydrogens (tertiary/aromatic N) is 6. The zero-order valence-corrected chi connectivity index (χ0v) is 35.3. The summed E-state index contributed by atoms with van der Waals surface area (Å²) in [4.78, 5) is 33.9. The molecule has 2 aliphatic carbocycles. The van der Waals surface area contributed by atoms with Gasteiger partial charge in [-0.1, -0.05) is 17.7 Å². The topological polar surface area (TPSA) is 155 Å². The lowest BCUT2D eigenvalue weighted by Gasteiger charge is -2.24. The van der Waals surface area contributed by atoms with E-state index >= 15 is 13.6 Å². The molecule has 0 unspecified atom stereocenters. The van der Waals surface area contributed by atoms with E-state index in [1.54, 1.807) is 0 Å². The number of ether oxygens (including phenoxy) is 1. The van der Waals surface area contributed by atoms with Gasteiger partial charge in [0.2, 0.25) is 15.9 Å². The number of hydrogen-bond donors (Lipinski definition) is 2. The SMILES string of the molecule is COc1c(F)cc(-c2ccc3c(=O)n(-c4ccc(Cl)c5c(NS(C)(=O)=O)nn(C)c45)c([C@H](Cc4cc(F)cc(F)c4)NC(=O)Cn4nc(C(F)F)c5c4C(F)(F)[C@@H]4C[C@H]54)nc3c2)cc1F. The number of methoxy groups -OCH3 is 1. The molecule has 0 spiro atoms. The molecule has 1 saturated carbocycles. The minimum atomic E-state index is -3.96. The van der Waals surface area contributed by atoms with Crippen LogP contribution in [0.4, 0.5) is 40.9 Å². The van der Waals surface area contributed by atoms with Crippen LogP contribution in [0.15, 0.2) is 65.5 Å². The maximum Gasteiger partial charge on any atom is 0.293 e. The molecule has 3 aromatic heterocycles. The molecule has 7 aromatic rings. The maximum absolute atomic E-state index is 15.5. The number of aromatic nitrogens is 6. The molecule has 0 saturated heterocycles. The second kappa shape index (κ2) is 15.6. The second-order valence-corrected chi connectivity index (χ2v) is 17.9. The van der Waals surface area contributed by atoms with E-state index in [4.69, 9.17) is 21.3 Å². The van der Waals surface area contributed by atoms with Crippen LogP contribution in [-0.2, 0) is 40.8 Å². The van der Waals surface area contributed by atoms with E-state index in [9.17, 15) is 39.6 Å². The number of fused-ring (bicyclic) bond motifs is 5. The molecule has 9 rings (SSSR count). The summed E-state index contributed by atoms with van der Waals surface area (Å²) < 4.78 is 153. The predicted molar refractivity (Wildman–Crippen MR) is 220 cm³/mol. The van der Waals surface area contributed by atoms with E-state index in [1.165, 1.54) is 42.1 Å². The van der Waals surface area contributed by atoms with Crippen LogP contribution in [0, 0.1) is 29.2 Å². The Morgan fingerprint density at radius 3 is 2.32 bits per heavy atom. The van der Waals surface area contributed by atoms with E-state index in [-0.39, 0.29) is 67.0 Å². The fourth-order valence-electron chi connectivity index (χ4n) is 8.68. The summed E-state index contributed by atoms with van der Waals surface area (Å²) in [5.41, 5.74) is -3.11. The Balaban J connectivity index is 1.27. The highest BCUT2D eigenvalue weighted by Crippen LogP contribution is 2.68. The molecule has 2 N–H and O–H groups in total. The van der Waals surface area contributed by atoms with Crippen molar-refractivity contribution in [2.24, 2.45) is 13.0 Å². The van der Waals surface area contributed by atoms with E-state index in [2.05, 4.69) is 20.2 Å². The Labute approximate surface area is 366 Å². The predicted octanol–water partition coefficient (Wildman–Crippen LogP) is 7.97. The zero-order valence-electron chi connectivity index (χ0n) is 33.7. The van der Waals surface area contributed by atoms with Crippen molar-refractivity contribution in [2.45, 2.75) is 43.7 Å². The molecule has 1 fully saturated rings. The second-order valence-electron chi connectivity index (χ2n) is 15.7. The molecule has 65 heavy (non-hydrogen) atoms. The smallest absolute Gasteiger partial charge is 0.293 e. The summed E-state index contributed by atoms with van der Waals surface area (Å²) in [5.74, 6) is -12.3. The van der Waals surface area contributed by atoms with Gasteiger partial charge in [-0.05, 0) is 77.6 Å².